The molecule has 11 heavy (non-hydrogen) atoms. The number of rotatable bonds is 2. The van der Waals surface area contributed by atoms with Crippen molar-refractivity contribution in [3.8, 4) is 0 Å². The lowest BCUT2D eigenvalue weighted by Crippen LogP contribution is -2.13. The predicted molar refractivity (Wildman–Crippen MR) is 53.2 cm³/mol. The van der Waals surface area contributed by atoms with E-state index >= 15 is 0 Å². The molecule has 0 fully saturated rings. The van der Waals surface area contributed by atoms with Gasteiger partial charge in [0.05, 0.1) is 5.33 Å². The molecule has 0 heterocycles. The minimum Gasteiger partial charge on any atom is -0.293 e. The van der Waals surface area contributed by atoms with Crippen molar-refractivity contribution in [2.75, 3.05) is 5.33 Å². The molecule has 1 nitrogen and oxygen atoms in total. The van der Waals surface area contributed by atoms with E-state index in [-0.39, 0.29) is 5.78 Å². The number of ketones is 1. The van der Waals surface area contributed by atoms with Crippen molar-refractivity contribution in [1.82, 2.24) is 0 Å². The molecule has 0 saturated heterocycles. The van der Waals surface area contributed by atoms with Gasteiger partial charge >= 0.3 is 0 Å². The van der Waals surface area contributed by atoms with E-state index in [2.05, 4.69) is 15.9 Å². The van der Waals surface area contributed by atoms with Gasteiger partial charge in [-0.25, -0.2) is 0 Å². The second-order valence-corrected chi connectivity index (χ2v) is 3.25. The van der Waals surface area contributed by atoms with Crippen molar-refractivity contribution in [3.63, 3.8) is 0 Å². The number of carbonyl (C=O) groups is 1. The summed E-state index contributed by atoms with van der Waals surface area (Å²) in [5.74, 6) is 0.0688. The zero-order valence-corrected chi connectivity index (χ0v) is 8.24. The number of Topliss-reactive ketones (excluding diaryl/α,β-unsaturated/α-hetero) is 1. The summed E-state index contributed by atoms with van der Waals surface area (Å²) < 4.78 is 0. The molecule has 0 amide bonds. The molecule has 58 valence electrons. The number of hydrogen-bond acceptors (Lipinski definition) is 2. The standard InChI is InChI=1S/C8H7BrOS/c9-5-7(10)6-3-1-2-4-8(6)11/h1-3H,4-5H2. The van der Waals surface area contributed by atoms with Crippen LogP contribution in [0.2, 0.25) is 0 Å². The van der Waals surface area contributed by atoms with E-state index in [4.69, 9.17) is 12.2 Å². The van der Waals surface area contributed by atoms with E-state index < -0.39 is 0 Å². The first-order valence-corrected chi connectivity index (χ1v) is 4.78. The van der Waals surface area contributed by atoms with Crippen LogP contribution in [0.15, 0.2) is 23.8 Å². The Morgan fingerprint density at radius 1 is 1.73 bits per heavy atom. The zero-order chi connectivity index (χ0) is 8.27. The van der Waals surface area contributed by atoms with Gasteiger partial charge in [0, 0.05) is 16.9 Å². The topological polar surface area (TPSA) is 17.1 Å². The monoisotopic (exact) mass is 230 g/mol. The summed E-state index contributed by atoms with van der Waals surface area (Å²) in [4.78, 5) is 11.9. The Bertz CT molecular complexity index is 253. The summed E-state index contributed by atoms with van der Waals surface area (Å²) in [6.07, 6.45) is 6.31. The molecule has 0 unspecified atom stereocenters. The maximum atomic E-state index is 11.1. The fraction of sp³-hybridized carbons (Fsp3) is 0.250. The fourth-order valence-electron chi connectivity index (χ4n) is 0.863. The summed E-state index contributed by atoms with van der Waals surface area (Å²) in [7, 11) is 0. The second kappa shape index (κ2) is 3.93. The Balaban J connectivity index is 2.84. The number of allylic oxidation sites excluding steroid dienone is 4. The molecular formula is C8H7BrOS. The van der Waals surface area contributed by atoms with Crippen LogP contribution in [-0.2, 0) is 4.79 Å². The van der Waals surface area contributed by atoms with Crippen LogP contribution in [0.4, 0.5) is 0 Å². The second-order valence-electron chi connectivity index (χ2n) is 2.19. The molecule has 0 radical (unpaired) electrons. The van der Waals surface area contributed by atoms with Crippen molar-refractivity contribution in [1.29, 1.82) is 0 Å². The number of carbonyl (C=O) groups excluding carboxylic acids is 1. The molecule has 0 spiro atoms. The Morgan fingerprint density at radius 3 is 3.00 bits per heavy atom. The Morgan fingerprint density at radius 2 is 2.45 bits per heavy atom. The van der Waals surface area contributed by atoms with Crippen LogP contribution in [0.5, 0.6) is 0 Å². The van der Waals surface area contributed by atoms with Gasteiger partial charge in [-0.15, -0.1) is 0 Å². The average molecular weight is 231 g/mol. The molecule has 0 aromatic carbocycles. The van der Waals surface area contributed by atoms with Gasteiger partial charge in [0.15, 0.2) is 5.78 Å². The summed E-state index contributed by atoms with van der Waals surface area (Å²) in [5, 5.41) is 0.354. The molecule has 1 aliphatic carbocycles. The van der Waals surface area contributed by atoms with Gasteiger partial charge in [-0.3, -0.25) is 4.79 Å². The third-order valence-electron chi connectivity index (χ3n) is 1.42. The van der Waals surface area contributed by atoms with Crippen LogP contribution in [0.3, 0.4) is 0 Å². The van der Waals surface area contributed by atoms with E-state index in [1.54, 1.807) is 6.08 Å². The van der Waals surface area contributed by atoms with Gasteiger partial charge in [0.2, 0.25) is 0 Å². The van der Waals surface area contributed by atoms with Crippen molar-refractivity contribution < 1.29 is 4.79 Å². The van der Waals surface area contributed by atoms with Crippen LogP contribution in [0, 0.1) is 0 Å². The van der Waals surface area contributed by atoms with Crippen LogP contribution < -0.4 is 0 Å². The molecule has 0 aromatic rings. The summed E-state index contributed by atoms with van der Waals surface area (Å²) in [6, 6.07) is 0. The molecule has 0 atom stereocenters. The number of thiocarbonyl (C=S) groups is 1. The number of hydrogen-bond donors (Lipinski definition) is 0. The largest absolute Gasteiger partial charge is 0.293 e. The van der Waals surface area contributed by atoms with Crippen LogP contribution in [0.1, 0.15) is 6.42 Å². The maximum absolute atomic E-state index is 11.1. The Kier molecular flexibility index (Phi) is 3.15. The van der Waals surface area contributed by atoms with Crippen molar-refractivity contribution in [2.24, 2.45) is 0 Å². The Hall–Kier alpha value is -0.280. The molecule has 0 N–H and O–H groups in total. The van der Waals surface area contributed by atoms with Crippen LogP contribution >= 0.6 is 28.1 Å². The third kappa shape index (κ3) is 2.07. The van der Waals surface area contributed by atoms with E-state index in [1.165, 1.54) is 0 Å². The first-order valence-electron chi connectivity index (χ1n) is 3.25. The fourth-order valence-corrected chi connectivity index (χ4v) is 1.44. The average Bonchev–Trinajstić information content (AvgIpc) is 2.04. The summed E-state index contributed by atoms with van der Waals surface area (Å²) in [6.45, 7) is 0. The summed E-state index contributed by atoms with van der Waals surface area (Å²) >= 11 is 8.11. The van der Waals surface area contributed by atoms with Crippen LogP contribution in [0.25, 0.3) is 0 Å². The third-order valence-corrected chi connectivity index (χ3v) is 2.32. The smallest absolute Gasteiger partial charge is 0.174 e. The first-order chi connectivity index (χ1) is 5.25. The van der Waals surface area contributed by atoms with E-state index in [0.717, 1.165) is 11.3 Å². The lowest BCUT2D eigenvalue weighted by molar-refractivity contribution is -0.112. The predicted octanol–water partition coefficient (Wildman–Crippen LogP) is 2.21. The minimum absolute atomic E-state index is 0.0688. The molecular weight excluding hydrogens is 224 g/mol. The van der Waals surface area contributed by atoms with Gasteiger partial charge in [-0.1, -0.05) is 46.4 Å². The number of halogens is 1. The molecule has 0 aromatic heterocycles. The van der Waals surface area contributed by atoms with Gasteiger partial charge < -0.3 is 0 Å². The normalized spacial score (nSPS) is 16.5. The van der Waals surface area contributed by atoms with Crippen molar-refractivity contribution in [2.45, 2.75) is 6.42 Å². The van der Waals surface area contributed by atoms with Gasteiger partial charge in [-0.2, -0.15) is 0 Å². The van der Waals surface area contributed by atoms with Crippen LogP contribution in [-0.4, -0.2) is 16.0 Å². The van der Waals surface area contributed by atoms with E-state index in [0.29, 0.717) is 10.9 Å². The molecule has 3 heteroatoms. The lowest BCUT2D eigenvalue weighted by Gasteiger charge is -2.06. The quantitative estimate of drug-likeness (QED) is 0.535. The highest BCUT2D eigenvalue weighted by Gasteiger charge is 2.12. The molecule has 0 bridgehead atoms. The molecule has 0 saturated carbocycles. The van der Waals surface area contributed by atoms with Crippen molar-refractivity contribution >= 4 is 38.8 Å². The minimum atomic E-state index is 0.0688. The SMILES string of the molecule is O=C(CBr)C1=CC=CCC1=S. The Labute approximate surface area is 79.3 Å². The van der Waals surface area contributed by atoms with Gasteiger partial charge in [-0.05, 0) is 0 Å². The molecule has 0 aliphatic heterocycles. The lowest BCUT2D eigenvalue weighted by atomic mass is 10.0. The van der Waals surface area contributed by atoms with Gasteiger partial charge in [0.25, 0.3) is 0 Å². The van der Waals surface area contributed by atoms with Gasteiger partial charge in [0.1, 0.15) is 0 Å². The molecule has 1 aliphatic rings. The number of alkyl halides is 1. The van der Waals surface area contributed by atoms with E-state index in [1.807, 2.05) is 12.2 Å². The zero-order valence-electron chi connectivity index (χ0n) is 5.84. The summed E-state index contributed by atoms with van der Waals surface area (Å²) in [5.41, 5.74) is 0.680. The highest BCUT2D eigenvalue weighted by Crippen LogP contribution is 2.11. The van der Waals surface area contributed by atoms with Crippen molar-refractivity contribution in [3.05, 3.63) is 23.8 Å². The first kappa shape index (κ1) is 8.81. The highest BCUT2D eigenvalue weighted by molar-refractivity contribution is 9.09. The maximum Gasteiger partial charge on any atom is 0.174 e. The molecule has 1 rings (SSSR count). The van der Waals surface area contributed by atoms with E-state index in [9.17, 15) is 4.79 Å². The highest BCUT2D eigenvalue weighted by atomic mass is 79.9.